The van der Waals surface area contributed by atoms with Gasteiger partial charge in [-0.3, -0.25) is 4.57 Å². The Labute approximate surface area is 150 Å². The minimum Gasteiger partial charge on any atom is -0.334 e. The second-order valence-electron chi connectivity index (χ2n) is 6.22. The van der Waals surface area contributed by atoms with Crippen LogP contribution < -0.4 is 5.73 Å². The van der Waals surface area contributed by atoms with Crippen molar-refractivity contribution in [1.82, 2.24) is 19.7 Å². The summed E-state index contributed by atoms with van der Waals surface area (Å²) in [7, 11) is 0. The molecule has 2 N–H and O–H groups in total. The molecule has 0 saturated heterocycles. The molecular formula is C16H20ClN5OS. The van der Waals surface area contributed by atoms with Gasteiger partial charge in [0.1, 0.15) is 0 Å². The smallest absolute Gasteiger partial charge is 0.259 e. The van der Waals surface area contributed by atoms with Crippen LogP contribution in [0.25, 0.3) is 16.6 Å². The van der Waals surface area contributed by atoms with Crippen LogP contribution in [-0.4, -0.2) is 19.7 Å². The number of aryl methyl sites for hydroxylation is 1. The monoisotopic (exact) mass is 365 g/mol. The Bertz CT molecular complexity index is 833. The number of thiazole rings is 1. The van der Waals surface area contributed by atoms with Gasteiger partial charge in [0.05, 0.1) is 11.1 Å². The van der Waals surface area contributed by atoms with Gasteiger partial charge in [0.25, 0.3) is 5.89 Å². The Morgan fingerprint density at radius 3 is 2.71 bits per heavy atom. The van der Waals surface area contributed by atoms with E-state index in [9.17, 15) is 0 Å². The Morgan fingerprint density at radius 1 is 1.29 bits per heavy atom. The molecule has 3 heterocycles. The van der Waals surface area contributed by atoms with E-state index in [0.29, 0.717) is 11.7 Å². The molecule has 0 bridgehead atoms. The molecule has 8 heteroatoms. The zero-order valence-corrected chi connectivity index (χ0v) is 15.3. The van der Waals surface area contributed by atoms with Gasteiger partial charge in [-0.25, -0.2) is 4.98 Å². The lowest BCUT2D eigenvalue weighted by atomic mass is 9.99. The summed E-state index contributed by atoms with van der Waals surface area (Å²) in [5.74, 6) is 1.16. The predicted octanol–water partition coefficient (Wildman–Crippen LogP) is 3.75. The summed E-state index contributed by atoms with van der Waals surface area (Å²) >= 11 is 1.60. The molecule has 1 aliphatic rings. The second kappa shape index (κ2) is 6.31. The van der Waals surface area contributed by atoms with Gasteiger partial charge in [-0.1, -0.05) is 18.0 Å². The molecule has 4 rings (SSSR count). The summed E-state index contributed by atoms with van der Waals surface area (Å²) < 4.78 is 7.63. The van der Waals surface area contributed by atoms with Crippen LogP contribution in [-0.2, 0) is 5.54 Å². The third-order valence-corrected chi connectivity index (χ3v) is 5.40. The molecule has 6 nitrogen and oxygen atoms in total. The van der Waals surface area contributed by atoms with Crippen LogP contribution in [0.2, 0.25) is 0 Å². The van der Waals surface area contributed by atoms with Gasteiger partial charge in [0, 0.05) is 23.0 Å². The molecule has 0 atom stereocenters. The number of rotatable bonds is 3. The van der Waals surface area contributed by atoms with E-state index in [4.69, 9.17) is 10.3 Å². The van der Waals surface area contributed by atoms with E-state index >= 15 is 0 Å². The molecule has 1 aliphatic carbocycles. The van der Waals surface area contributed by atoms with Crippen LogP contribution in [0.15, 0.2) is 22.2 Å². The largest absolute Gasteiger partial charge is 0.334 e. The van der Waals surface area contributed by atoms with Crippen molar-refractivity contribution < 1.29 is 4.52 Å². The van der Waals surface area contributed by atoms with Crippen LogP contribution in [0.4, 0.5) is 0 Å². The summed E-state index contributed by atoms with van der Waals surface area (Å²) in [5.41, 5.74) is 9.08. The SMILES string of the molecule is Cc1cc(-c2nc(C3(N)CCCC3)no2)c(C)n1-c1nccs1.Cl. The van der Waals surface area contributed by atoms with Gasteiger partial charge in [0.2, 0.25) is 0 Å². The number of nitrogens with zero attached hydrogens (tertiary/aromatic N) is 4. The molecule has 0 radical (unpaired) electrons. The van der Waals surface area contributed by atoms with Gasteiger partial charge in [-0.2, -0.15) is 4.98 Å². The summed E-state index contributed by atoms with van der Waals surface area (Å²) in [4.78, 5) is 8.99. The molecule has 3 aromatic rings. The Kier molecular flexibility index (Phi) is 4.50. The van der Waals surface area contributed by atoms with Gasteiger partial charge in [-0.05, 0) is 32.8 Å². The molecular weight excluding hydrogens is 346 g/mol. The third-order valence-electron chi connectivity index (χ3n) is 4.64. The fraction of sp³-hybridized carbons (Fsp3) is 0.438. The minimum absolute atomic E-state index is 0. The highest BCUT2D eigenvalue weighted by Crippen LogP contribution is 2.36. The maximum Gasteiger partial charge on any atom is 0.259 e. The zero-order valence-electron chi connectivity index (χ0n) is 13.7. The number of nitrogens with two attached hydrogens (primary N) is 1. The van der Waals surface area contributed by atoms with Crippen LogP contribution >= 0.6 is 23.7 Å². The highest BCUT2D eigenvalue weighted by atomic mass is 35.5. The molecule has 24 heavy (non-hydrogen) atoms. The highest BCUT2D eigenvalue weighted by molar-refractivity contribution is 7.12. The fourth-order valence-corrected chi connectivity index (χ4v) is 4.12. The lowest BCUT2D eigenvalue weighted by Gasteiger charge is -2.17. The summed E-state index contributed by atoms with van der Waals surface area (Å²) in [6.07, 6.45) is 5.90. The van der Waals surface area contributed by atoms with Crippen LogP contribution in [0.1, 0.15) is 42.9 Å². The molecule has 1 fully saturated rings. The number of aromatic nitrogens is 4. The first-order valence-electron chi connectivity index (χ1n) is 7.81. The lowest BCUT2D eigenvalue weighted by Crippen LogP contribution is -2.34. The van der Waals surface area contributed by atoms with Gasteiger partial charge < -0.3 is 10.3 Å². The van der Waals surface area contributed by atoms with Crippen molar-refractivity contribution in [2.45, 2.75) is 45.1 Å². The van der Waals surface area contributed by atoms with E-state index in [1.165, 1.54) is 0 Å². The van der Waals surface area contributed by atoms with Crippen molar-refractivity contribution >= 4 is 23.7 Å². The summed E-state index contributed by atoms with van der Waals surface area (Å²) in [6.45, 7) is 4.10. The van der Waals surface area contributed by atoms with E-state index in [1.807, 2.05) is 18.5 Å². The molecule has 0 aromatic carbocycles. The molecule has 0 aliphatic heterocycles. The standard InChI is InChI=1S/C16H19N5OS.ClH/c1-10-9-12(11(2)21(10)15-18-7-8-23-15)13-19-14(20-22-13)16(17)5-3-4-6-16;/h7-9H,3-6,17H2,1-2H3;1H. The van der Waals surface area contributed by atoms with Crippen molar-refractivity contribution in [2.24, 2.45) is 5.73 Å². The maximum absolute atomic E-state index is 6.42. The third kappa shape index (κ3) is 2.66. The van der Waals surface area contributed by atoms with E-state index in [0.717, 1.165) is 47.8 Å². The second-order valence-corrected chi connectivity index (χ2v) is 7.09. The van der Waals surface area contributed by atoms with E-state index in [-0.39, 0.29) is 12.4 Å². The quantitative estimate of drug-likeness (QED) is 0.764. The molecule has 128 valence electrons. The first-order chi connectivity index (χ1) is 11.1. The Balaban J connectivity index is 0.00000169. The molecule has 0 spiro atoms. The lowest BCUT2D eigenvalue weighted by molar-refractivity contribution is 0.372. The first-order valence-corrected chi connectivity index (χ1v) is 8.69. The highest BCUT2D eigenvalue weighted by Gasteiger charge is 2.36. The zero-order chi connectivity index (χ0) is 16.0. The average Bonchev–Trinajstić information content (AvgIpc) is 3.26. The summed E-state index contributed by atoms with van der Waals surface area (Å²) in [5, 5.41) is 7.07. The van der Waals surface area contributed by atoms with Gasteiger partial charge in [-0.15, -0.1) is 23.7 Å². The van der Waals surface area contributed by atoms with Crippen molar-refractivity contribution in [1.29, 1.82) is 0 Å². The van der Waals surface area contributed by atoms with Crippen molar-refractivity contribution in [3.63, 3.8) is 0 Å². The number of hydrogen-bond donors (Lipinski definition) is 1. The Hall–Kier alpha value is -1.70. The topological polar surface area (TPSA) is 82.8 Å². The van der Waals surface area contributed by atoms with E-state index in [1.54, 1.807) is 11.3 Å². The van der Waals surface area contributed by atoms with Crippen LogP contribution in [0.3, 0.4) is 0 Å². The van der Waals surface area contributed by atoms with Crippen LogP contribution in [0, 0.1) is 13.8 Å². The van der Waals surface area contributed by atoms with Crippen molar-refractivity contribution in [3.8, 4) is 16.6 Å². The fourth-order valence-electron chi connectivity index (χ4n) is 3.36. The minimum atomic E-state index is -0.428. The van der Waals surface area contributed by atoms with E-state index in [2.05, 4.69) is 32.7 Å². The van der Waals surface area contributed by atoms with E-state index < -0.39 is 5.54 Å². The number of halogens is 1. The number of hydrogen-bond acceptors (Lipinski definition) is 6. The van der Waals surface area contributed by atoms with Gasteiger partial charge >= 0.3 is 0 Å². The normalized spacial score (nSPS) is 16.3. The first kappa shape index (κ1) is 17.1. The van der Waals surface area contributed by atoms with Crippen molar-refractivity contribution in [3.05, 3.63) is 34.9 Å². The summed E-state index contributed by atoms with van der Waals surface area (Å²) in [6, 6.07) is 2.06. The van der Waals surface area contributed by atoms with Gasteiger partial charge in [0.15, 0.2) is 11.0 Å². The van der Waals surface area contributed by atoms with Crippen molar-refractivity contribution in [2.75, 3.05) is 0 Å². The molecule has 3 aromatic heterocycles. The molecule has 1 saturated carbocycles. The Morgan fingerprint density at radius 2 is 2.04 bits per heavy atom. The van der Waals surface area contributed by atoms with Crippen LogP contribution in [0.5, 0.6) is 0 Å². The molecule has 0 unspecified atom stereocenters. The average molecular weight is 366 g/mol. The molecule has 0 amide bonds. The predicted molar refractivity (Wildman–Crippen MR) is 95.8 cm³/mol. The maximum atomic E-state index is 6.42.